The Hall–Kier alpha value is -1.20. The molecule has 0 bridgehead atoms. The van der Waals surface area contributed by atoms with Gasteiger partial charge in [0, 0.05) is 24.8 Å². The second-order valence-corrected chi connectivity index (χ2v) is 5.90. The monoisotopic (exact) mass is 276 g/mol. The van der Waals surface area contributed by atoms with Crippen molar-refractivity contribution in [3.63, 3.8) is 0 Å². The lowest BCUT2D eigenvalue weighted by Crippen LogP contribution is -2.43. The summed E-state index contributed by atoms with van der Waals surface area (Å²) in [6.45, 7) is 2.48. The van der Waals surface area contributed by atoms with Gasteiger partial charge in [0.15, 0.2) is 0 Å². The Morgan fingerprint density at radius 3 is 3.16 bits per heavy atom. The van der Waals surface area contributed by atoms with Crippen LogP contribution in [0.2, 0.25) is 0 Å². The van der Waals surface area contributed by atoms with Crippen molar-refractivity contribution >= 4 is 22.9 Å². The topological polar surface area (TPSA) is 54.2 Å². The molecule has 0 spiro atoms. The highest BCUT2D eigenvalue weighted by Gasteiger charge is 2.31. The maximum Gasteiger partial charge on any atom is 0.124 e. The quantitative estimate of drug-likeness (QED) is 0.824. The van der Waals surface area contributed by atoms with Crippen molar-refractivity contribution in [1.29, 1.82) is 0 Å². The van der Waals surface area contributed by atoms with Crippen LogP contribution < -0.4 is 11.1 Å². The average molecular weight is 276 g/mol. The van der Waals surface area contributed by atoms with Gasteiger partial charge in [0.05, 0.1) is 5.69 Å². The van der Waals surface area contributed by atoms with Crippen molar-refractivity contribution < 1.29 is 0 Å². The van der Waals surface area contributed by atoms with E-state index in [-0.39, 0.29) is 0 Å². The number of nitrogens with zero attached hydrogens (tertiary/aromatic N) is 2. The van der Waals surface area contributed by atoms with Gasteiger partial charge in [0.2, 0.25) is 0 Å². The largest absolute Gasteiger partial charge is 0.388 e. The SMILES string of the molecule is NC(=S)c1ncccc1NC1CCN2CCCC2C1. The van der Waals surface area contributed by atoms with Crippen molar-refractivity contribution in [2.75, 3.05) is 18.4 Å². The Morgan fingerprint density at radius 1 is 1.42 bits per heavy atom. The molecule has 2 atom stereocenters. The lowest BCUT2D eigenvalue weighted by atomic mass is 9.97. The standard InChI is InChI=1S/C14H20N4S/c15-14(19)13-12(4-1-6-16-13)17-10-5-8-18-7-2-3-11(18)9-10/h1,4,6,10-11,17H,2-3,5,7-9H2,(H2,15,19). The van der Waals surface area contributed by atoms with E-state index in [4.69, 9.17) is 18.0 Å². The number of aromatic nitrogens is 1. The molecule has 19 heavy (non-hydrogen) atoms. The molecule has 2 saturated heterocycles. The number of pyridine rings is 1. The Morgan fingerprint density at radius 2 is 2.32 bits per heavy atom. The third-order valence-corrected chi connectivity index (χ3v) is 4.41. The first-order valence-corrected chi connectivity index (χ1v) is 7.40. The zero-order valence-corrected chi connectivity index (χ0v) is 11.8. The predicted octanol–water partition coefficient (Wildman–Crippen LogP) is 1.75. The smallest absolute Gasteiger partial charge is 0.124 e. The summed E-state index contributed by atoms with van der Waals surface area (Å²) in [6.07, 6.45) is 6.82. The lowest BCUT2D eigenvalue weighted by Gasteiger charge is -2.35. The van der Waals surface area contributed by atoms with Gasteiger partial charge in [-0.3, -0.25) is 4.98 Å². The van der Waals surface area contributed by atoms with Gasteiger partial charge in [0.1, 0.15) is 10.7 Å². The predicted molar refractivity (Wildman–Crippen MR) is 81.4 cm³/mol. The molecule has 1 aromatic heterocycles. The number of rotatable bonds is 3. The fourth-order valence-corrected chi connectivity index (χ4v) is 3.46. The summed E-state index contributed by atoms with van der Waals surface area (Å²) in [5.74, 6) is 0. The van der Waals surface area contributed by atoms with E-state index in [0.717, 1.165) is 11.7 Å². The van der Waals surface area contributed by atoms with Crippen molar-refractivity contribution in [2.45, 2.75) is 37.8 Å². The van der Waals surface area contributed by atoms with Gasteiger partial charge in [-0.25, -0.2) is 0 Å². The molecule has 2 aliphatic rings. The van der Waals surface area contributed by atoms with Crippen LogP contribution in [0, 0.1) is 0 Å². The summed E-state index contributed by atoms with van der Waals surface area (Å²) in [5, 5.41) is 3.59. The first-order chi connectivity index (χ1) is 9.24. The van der Waals surface area contributed by atoms with Crippen molar-refractivity contribution in [3.05, 3.63) is 24.0 Å². The van der Waals surface area contributed by atoms with Gasteiger partial charge in [-0.2, -0.15) is 0 Å². The molecule has 5 heteroatoms. The van der Waals surface area contributed by atoms with Crippen LogP contribution in [-0.2, 0) is 0 Å². The normalized spacial score (nSPS) is 26.9. The third-order valence-electron chi connectivity index (χ3n) is 4.22. The average Bonchev–Trinajstić information content (AvgIpc) is 2.86. The van der Waals surface area contributed by atoms with Gasteiger partial charge < -0.3 is 16.0 Å². The number of nitrogens with one attached hydrogen (secondary N) is 1. The molecule has 2 unspecified atom stereocenters. The fourth-order valence-electron chi connectivity index (χ4n) is 3.29. The second-order valence-electron chi connectivity index (χ2n) is 5.46. The summed E-state index contributed by atoms with van der Waals surface area (Å²) in [4.78, 5) is 7.25. The second kappa shape index (κ2) is 5.43. The highest BCUT2D eigenvalue weighted by atomic mass is 32.1. The Balaban J connectivity index is 1.70. The summed E-state index contributed by atoms with van der Waals surface area (Å²) >= 11 is 5.06. The zero-order chi connectivity index (χ0) is 13.2. The summed E-state index contributed by atoms with van der Waals surface area (Å²) in [7, 11) is 0. The molecule has 4 nitrogen and oxygen atoms in total. The number of fused-ring (bicyclic) bond motifs is 1. The van der Waals surface area contributed by atoms with E-state index in [1.165, 1.54) is 38.8 Å². The van der Waals surface area contributed by atoms with E-state index in [1.54, 1.807) is 6.20 Å². The molecule has 0 saturated carbocycles. The Labute approximate surface area is 119 Å². The minimum Gasteiger partial charge on any atom is -0.388 e. The van der Waals surface area contributed by atoms with Crippen LogP contribution in [0.4, 0.5) is 5.69 Å². The maximum atomic E-state index is 5.73. The lowest BCUT2D eigenvalue weighted by molar-refractivity contribution is 0.188. The van der Waals surface area contributed by atoms with Crippen LogP contribution in [0.3, 0.4) is 0 Å². The molecule has 102 valence electrons. The zero-order valence-electron chi connectivity index (χ0n) is 11.0. The van der Waals surface area contributed by atoms with Crippen LogP contribution in [0.25, 0.3) is 0 Å². The van der Waals surface area contributed by atoms with Crippen LogP contribution in [-0.4, -0.2) is 40.0 Å². The van der Waals surface area contributed by atoms with Crippen molar-refractivity contribution in [3.8, 4) is 0 Å². The highest BCUT2D eigenvalue weighted by Crippen LogP contribution is 2.28. The Kier molecular flexibility index (Phi) is 3.66. The van der Waals surface area contributed by atoms with Crippen molar-refractivity contribution in [2.24, 2.45) is 5.73 Å². The number of anilines is 1. The Bertz CT molecular complexity index is 476. The van der Waals surface area contributed by atoms with E-state index in [0.29, 0.717) is 16.7 Å². The van der Waals surface area contributed by atoms with Gasteiger partial charge >= 0.3 is 0 Å². The molecule has 0 aromatic carbocycles. The number of piperidine rings is 1. The number of thiocarbonyl (C=S) groups is 1. The molecule has 3 N–H and O–H groups in total. The molecule has 2 fully saturated rings. The third kappa shape index (κ3) is 2.72. The van der Waals surface area contributed by atoms with E-state index < -0.39 is 0 Å². The van der Waals surface area contributed by atoms with Crippen LogP contribution in [0.5, 0.6) is 0 Å². The van der Waals surface area contributed by atoms with E-state index >= 15 is 0 Å². The van der Waals surface area contributed by atoms with E-state index in [1.807, 2.05) is 12.1 Å². The van der Waals surface area contributed by atoms with Crippen LogP contribution >= 0.6 is 12.2 Å². The van der Waals surface area contributed by atoms with Gasteiger partial charge in [-0.1, -0.05) is 12.2 Å². The molecule has 3 rings (SSSR count). The molecule has 2 aliphatic heterocycles. The van der Waals surface area contributed by atoms with Gasteiger partial charge in [-0.15, -0.1) is 0 Å². The molecule has 3 heterocycles. The minimum absolute atomic E-state index is 0.362. The molecular weight excluding hydrogens is 256 g/mol. The van der Waals surface area contributed by atoms with Crippen LogP contribution in [0.15, 0.2) is 18.3 Å². The van der Waals surface area contributed by atoms with Gasteiger partial charge in [-0.05, 0) is 44.4 Å². The maximum absolute atomic E-state index is 5.73. The van der Waals surface area contributed by atoms with E-state index in [9.17, 15) is 0 Å². The number of hydrogen-bond acceptors (Lipinski definition) is 4. The molecule has 0 radical (unpaired) electrons. The molecule has 1 aromatic rings. The number of nitrogens with two attached hydrogens (primary N) is 1. The molecular formula is C14H20N4S. The van der Waals surface area contributed by atoms with E-state index in [2.05, 4.69) is 15.2 Å². The van der Waals surface area contributed by atoms with Gasteiger partial charge in [0.25, 0.3) is 0 Å². The molecule has 0 amide bonds. The first-order valence-electron chi connectivity index (χ1n) is 6.99. The summed E-state index contributed by atoms with van der Waals surface area (Å²) in [5.41, 5.74) is 7.42. The highest BCUT2D eigenvalue weighted by molar-refractivity contribution is 7.80. The summed E-state index contributed by atoms with van der Waals surface area (Å²) < 4.78 is 0. The number of hydrogen-bond donors (Lipinski definition) is 2. The summed E-state index contributed by atoms with van der Waals surface area (Å²) in [6, 6.07) is 5.21. The fraction of sp³-hybridized carbons (Fsp3) is 0.571. The first kappa shape index (κ1) is 12.8. The molecule has 0 aliphatic carbocycles. The van der Waals surface area contributed by atoms with Crippen molar-refractivity contribution in [1.82, 2.24) is 9.88 Å². The minimum atomic E-state index is 0.362. The van der Waals surface area contributed by atoms with Crippen LogP contribution in [0.1, 0.15) is 31.4 Å².